The maximum absolute atomic E-state index is 11.7. The minimum absolute atomic E-state index is 0.0775. The van der Waals surface area contributed by atoms with Crippen molar-refractivity contribution in [1.29, 1.82) is 0 Å². The van der Waals surface area contributed by atoms with Crippen molar-refractivity contribution in [2.45, 2.75) is 12.8 Å². The van der Waals surface area contributed by atoms with Gasteiger partial charge < -0.3 is 10.1 Å². The summed E-state index contributed by atoms with van der Waals surface area (Å²) in [4.78, 5) is 14.1. The van der Waals surface area contributed by atoms with Crippen molar-refractivity contribution >= 4 is 23.6 Å². The van der Waals surface area contributed by atoms with Crippen molar-refractivity contribution < 1.29 is 9.53 Å². The van der Waals surface area contributed by atoms with Gasteiger partial charge in [-0.1, -0.05) is 29.8 Å². The fraction of sp³-hybridized carbons (Fsp3) is 0.471. The number of carbonyl (C=O) groups is 1. The number of ether oxygens (including phenoxy) is 1. The Kier molecular flexibility index (Phi) is 7.43. The van der Waals surface area contributed by atoms with Crippen molar-refractivity contribution in [3.63, 3.8) is 0 Å². The lowest BCUT2D eigenvalue weighted by molar-refractivity contribution is -0.116. The zero-order chi connectivity index (χ0) is 15.6. The highest BCUT2D eigenvalue weighted by Crippen LogP contribution is 2.15. The minimum Gasteiger partial charge on any atom is -0.379 e. The highest BCUT2D eigenvalue weighted by Gasteiger charge is 2.08. The summed E-state index contributed by atoms with van der Waals surface area (Å²) in [6.07, 6.45) is 5.35. The lowest BCUT2D eigenvalue weighted by Gasteiger charge is -2.26. The summed E-state index contributed by atoms with van der Waals surface area (Å²) in [5, 5.41) is 3.55. The van der Waals surface area contributed by atoms with Crippen LogP contribution in [0.1, 0.15) is 18.4 Å². The van der Waals surface area contributed by atoms with Gasteiger partial charge in [-0.25, -0.2) is 0 Å². The molecule has 0 aromatic heterocycles. The normalized spacial score (nSPS) is 16.0. The molecular weight excluding hydrogens is 300 g/mol. The molecule has 1 aromatic rings. The van der Waals surface area contributed by atoms with Gasteiger partial charge in [-0.2, -0.15) is 0 Å². The van der Waals surface area contributed by atoms with Gasteiger partial charge in [0.1, 0.15) is 0 Å². The first-order valence-electron chi connectivity index (χ1n) is 7.76. The number of nitrogens with one attached hydrogen (secondary N) is 1. The molecule has 0 atom stereocenters. The van der Waals surface area contributed by atoms with Crippen LogP contribution in [0.5, 0.6) is 0 Å². The van der Waals surface area contributed by atoms with E-state index in [1.165, 1.54) is 6.08 Å². The topological polar surface area (TPSA) is 41.6 Å². The molecular formula is C17H23ClN2O2. The largest absolute Gasteiger partial charge is 0.379 e. The minimum atomic E-state index is -0.0775. The molecule has 4 nitrogen and oxygen atoms in total. The number of morpholine rings is 1. The van der Waals surface area contributed by atoms with E-state index in [4.69, 9.17) is 16.3 Å². The molecule has 0 aliphatic carbocycles. The zero-order valence-electron chi connectivity index (χ0n) is 12.8. The third-order valence-corrected chi connectivity index (χ3v) is 3.97. The van der Waals surface area contributed by atoms with Gasteiger partial charge >= 0.3 is 0 Å². The first kappa shape index (κ1) is 17.0. The second-order valence-electron chi connectivity index (χ2n) is 5.31. The van der Waals surface area contributed by atoms with Gasteiger partial charge in [0.25, 0.3) is 0 Å². The predicted octanol–water partition coefficient (Wildman–Crippen LogP) is 2.58. The smallest absolute Gasteiger partial charge is 0.243 e. The van der Waals surface area contributed by atoms with Gasteiger partial charge in [-0.05, 0) is 37.1 Å². The quantitative estimate of drug-likeness (QED) is 0.619. The van der Waals surface area contributed by atoms with Gasteiger partial charge in [0.2, 0.25) is 5.91 Å². The Morgan fingerprint density at radius 3 is 2.82 bits per heavy atom. The van der Waals surface area contributed by atoms with E-state index in [1.807, 2.05) is 24.3 Å². The van der Waals surface area contributed by atoms with E-state index in [9.17, 15) is 4.79 Å². The maximum atomic E-state index is 11.7. The molecule has 22 heavy (non-hydrogen) atoms. The van der Waals surface area contributed by atoms with E-state index in [-0.39, 0.29) is 5.91 Å². The van der Waals surface area contributed by atoms with E-state index in [2.05, 4.69) is 10.2 Å². The van der Waals surface area contributed by atoms with Crippen LogP contribution in [0.15, 0.2) is 30.3 Å². The van der Waals surface area contributed by atoms with Crippen molar-refractivity contribution in [2.24, 2.45) is 0 Å². The molecule has 1 heterocycles. The van der Waals surface area contributed by atoms with E-state index in [0.717, 1.165) is 51.3 Å². The number of unbranched alkanes of at least 4 members (excludes halogenated alkanes) is 1. The standard InChI is InChI=1S/C17H23ClN2O2/c18-16-6-2-1-5-15(16)7-8-17(21)19-9-3-4-10-20-11-13-22-14-12-20/h1-2,5-8H,3-4,9-14H2,(H,19,21)/b8-7+. The number of nitrogens with zero attached hydrogens (tertiary/aromatic N) is 1. The molecule has 1 aliphatic heterocycles. The number of rotatable bonds is 7. The molecule has 0 unspecified atom stereocenters. The van der Waals surface area contributed by atoms with Crippen molar-refractivity contribution in [3.05, 3.63) is 40.9 Å². The summed E-state index contributed by atoms with van der Waals surface area (Å²) in [5.41, 5.74) is 0.853. The summed E-state index contributed by atoms with van der Waals surface area (Å²) in [6, 6.07) is 7.46. The lowest BCUT2D eigenvalue weighted by Crippen LogP contribution is -2.37. The van der Waals surface area contributed by atoms with E-state index in [0.29, 0.717) is 11.6 Å². The third-order valence-electron chi connectivity index (χ3n) is 3.62. The Morgan fingerprint density at radius 1 is 1.27 bits per heavy atom. The Morgan fingerprint density at radius 2 is 2.05 bits per heavy atom. The number of benzene rings is 1. The first-order valence-corrected chi connectivity index (χ1v) is 8.14. The molecule has 1 fully saturated rings. The van der Waals surface area contributed by atoms with Crippen LogP contribution >= 0.6 is 11.6 Å². The van der Waals surface area contributed by atoms with E-state index < -0.39 is 0 Å². The lowest BCUT2D eigenvalue weighted by atomic mass is 10.2. The molecule has 1 aromatic carbocycles. The summed E-state index contributed by atoms with van der Waals surface area (Å²) >= 11 is 6.03. The van der Waals surface area contributed by atoms with Crippen LogP contribution < -0.4 is 5.32 Å². The molecule has 1 N–H and O–H groups in total. The summed E-state index contributed by atoms with van der Waals surface area (Å²) in [7, 11) is 0. The number of halogens is 1. The molecule has 0 bridgehead atoms. The molecule has 0 saturated carbocycles. The maximum Gasteiger partial charge on any atom is 0.243 e. The van der Waals surface area contributed by atoms with Crippen LogP contribution in [0.3, 0.4) is 0 Å². The Bertz CT molecular complexity index is 499. The molecule has 0 spiro atoms. The molecule has 2 rings (SSSR count). The van der Waals surface area contributed by atoms with Crippen LogP contribution in [0.2, 0.25) is 5.02 Å². The van der Waals surface area contributed by atoms with Gasteiger partial charge in [-0.3, -0.25) is 9.69 Å². The van der Waals surface area contributed by atoms with E-state index in [1.54, 1.807) is 6.08 Å². The monoisotopic (exact) mass is 322 g/mol. The van der Waals surface area contributed by atoms with Crippen LogP contribution in [-0.4, -0.2) is 50.2 Å². The zero-order valence-corrected chi connectivity index (χ0v) is 13.5. The second kappa shape index (κ2) is 9.62. The van der Waals surface area contributed by atoms with Crippen LogP contribution in [0.4, 0.5) is 0 Å². The summed E-state index contributed by atoms with van der Waals surface area (Å²) in [5.74, 6) is -0.0775. The highest BCUT2D eigenvalue weighted by molar-refractivity contribution is 6.32. The van der Waals surface area contributed by atoms with Gasteiger partial charge in [0.15, 0.2) is 0 Å². The first-order chi connectivity index (χ1) is 10.8. The Hall–Kier alpha value is -1.36. The number of hydrogen-bond donors (Lipinski definition) is 1. The molecule has 5 heteroatoms. The second-order valence-corrected chi connectivity index (χ2v) is 5.71. The fourth-order valence-electron chi connectivity index (χ4n) is 2.33. The summed E-state index contributed by atoms with van der Waals surface area (Å²) in [6.45, 7) is 5.50. The molecule has 1 amide bonds. The number of amides is 1. The predicted molar refractivity (Wildman–Crippen MR) is 90.0 cm³/mol. The molecule has 120 valence electrons. The summed E-state index contributed by atoms with van der Waals surface area (Å²) < 4.78 is 5.31. The van der Waals surface area contributed by atoms with Gasteiger partial charge in [0.05, 0.1) is 13.2 Å². The highest BCUT2D eigenvalue weighted by atomic mass is 35.5. The third kappa shape index (κ3) is 6.18. The average Bonchev–Trinajstić information content (AvgIpc) is 2.55. The van der Waals surface area contributed by atoms with Crippen molar-refractivity contribution in [2.75, 3.05) is 39.4 Å². The van der Waals surface area contributed by atoms with E-state index >= 15 is 0 Å². The van der Waals surface area contributed by atoms with Crippen LogP contribution in [-0.2, 0) is 9.53 Å². The van der Waals surface area contributed by atoms with Crippen molar-refractivity contribution in [1.82, 2.24) is 10.2 Å². The Balaban J connectivity index is 1.58. The fourth-order valence-corrected chi connectivity index (χ4v) is 2.53. The van der Waals surface area contributed by atoms with Crippen molar-refractivity contribution in [3.8, 4) is 0 Å². The van der Waals surface area contributed by atoms with Crippen LogP contribution in [0, 0.1) is 0 Å². The van der Waals surface area contributed by atoms with Gasteiger partial charge in [0, 0.05) is 30.7 Å². The van der Waals surface area contributed by atoms with Gasteiger partial charge in [-0.15, -0.1) is 0 Å². The number of hydrogen-bond acceptors (Lipinski definition) is 3. The van der Waals surface area contributed by atoms with Crippen LogP contribution in [0.25, 0.3) is 6.08 Å². The number of carbonyl (C=O) groups excluding carboxylic acids is 1. The average molecular weight is 323 g/mol. The molecule has 1 saturated heterocycles. The molecule has 0 radical (unpaired) electrons. The Labute approximate surface area is 137 Å². The molecule has 1 aliphatic rings. The SMILES string of the molecule is O=C(/C=C/c1ccccc1Cl)NCCCCN1CCOCC1.